The van der Waals surface area contributed by atoms with Gasteiger partial charge in [-0.1, -0.05) is 29.8 Å². The number of ether oxygens (including phenoxy) is 1. The largest absolute Gasteiger partial charge is 0.495 e. The average Bonchev–Trinajstić information content (AvgIpc) is 3.22. The summed E-state index contributed by atoms with van der Waals surface area (Å²) in [5.41, 5.74) is 1.44. The van der Waals surface area contributed by atoms with Crippen LogP contribution in [0.25, 0.3) is 22.0 Å². The first-order valence-electron chi connectivity index (χ1n) is 9.12. The summed E-state index contributed by atoms with van der Waals surface area (Å²) in [6.07, 6.45) is 0. The van der Waals surface area contributed by atoms with Gasteiger partial charge in [-0.3, -0.25) is 14.9 Å². The maximum atomic E-state index is 12.9. The summed E-state index contributed by atoms with van der Waals surface area (Å²) in [4.78, 5) is 29.9. The second kappa shape index (κ2) is 8.25. The second-order valence-electron chi connectivity index (χ2n) is 6.36. The number of rotatable bonds is 5. The highest BCUT2D eigenvalue weighted by Gasteiger charge is 2.18. The van der Waals surface area contributed by atoms with E-state index in [1.54, 1.807) is 50.4 Å². The predicted molar refractivity (Wildman–Crippen MR) is 119 cm³/mol. The van der Waals surface area contributed by atoms with E-state index >= 15 is 0 Å². The van der Waals surface area contributed by atoms with Gasteiger partial charge < -0.3 is 4.74 Å². The molecule has 0 unspecified atom stereocenters. The van der Waals surface area contributed by atoms with Gasteiger partial charge in [-0.25, -0.2) is 9.67 Å². The van der Waals surface area contributed by atoms with Crippen molar-refractivity contribution in [3.8, 4) is 17.0 Å². The molecular formula is C21H17ClN4O3S. The number of benzene rings is 2. The number of fused-ring (bicyclic) bond motifs is 1. The number of nitrogens with zero attached hydrogens (tertiary/aromatic N) is 3. The summed E-state index contributed by atoms with van der Waals surface area (Å²) in [5, 5.41) is 10.7. The molecule has 0 radical (unpaired) electrons. The highest BCUT2D eigenvalue weighted by atomic mass is 35.5. The first-order chi connectivity index (χ1) is 14.5. The number of halogens is 1. The van der Waals surface area contributed by atoms with E-state index in [0.29, 0.717) is 38.9 Å². The second-order valence-corrected chi connectivity index (χ2v) is 7.62. The Labute approximate surface area is 180 Å². The molecular weight excluding hydrogens is 424 g/mol. The van der Waals surface area contributed by atoms with E-state index in [2.05, 4.69) is 15.4 Å². The van der Waals surface area contributed by atoms with Crippen LogP contribution in [0.15, 0.2) is 52.6 Å². The van der Waals surface area contributed by atoms with Crippen LogP contribution in [0.4, 0.5) is 5.13 Å². The molecule has 2 heterocycles. The molecule has 4 aromatic rings. The van der Waals surface area contributed by atoms with Crippen LogP contribution in [-0.4, -0.2) is 27.8 Å². The average molecular weight is 441 g/mol. The molecule has 0 aliphatic carbocycles. The minimum Gasteiger partial charge on any atom is -0.495 e. The van der Waals surface area contributed by atoms with Crippen molar-refractivity contribution in [2.75, 3.05) is 12.4 Å². The van der Waals surface area contributed by atoms with Gasteiger partial charge in [0.2, 0.25) is 0 Å². The molecule has 0 atom stereocenters. The minimum atomic E-state index is -0.429. The molecule has 9 heteroatoms. The van der Waals surface area contributed by atoms with E-state index < -0.39 is 5.91 Å². The van der Waals surface area contributed by atoms with Gasteiger partial charge in [0, 0.05) is 22.9 Å². The Kier molecular flexibility index (Phi) is 5.52. The lowest BCUT2D eigenvalue weighted by atomic mass is 10.1. The summed E-state index contributed by atoms with van der Waals surface area (Å²) in [7, 11) is 1.55. The molecule has 0 saturated carbocycles. The molecule has 2 aromatic carbocycles. The first-order valence-corrected chi connectivity index (χ1v) is 10.4. The highest BCUT2D eigenvalue weighted by Crippen LogP contribution is 2.32. The minimum absolute atomic E-state index is 0.177. The lowest BCUT2D eigenvalue weighted by Gasteiger charge is -2.09. The summed E-state index contributed by atoms with van der Waals surface area (Å²) < 4.78 is 6.45. The zero-order chi connectivity index (χ0) is 21.3. The van der Waals surface area contributed by atoms with Crippen molar-refractivity contribution in [2.45, 2.75) is 13.5 Å². The fourth-order valence-corrected chi connectivity index (χ4v) is 4.04. The molecule has 7 nitrogen and oxygen atoms in total. The lowest BCUT2D eigenvalue weighted by molar-refractivity contribution is 0.102. The number of aryl methyl sites for hydroxylation is 1. The zero-order valence-electron chi connectivity index (χ0n) is 16.2. The lowest BCUT2D eigenvalue weighted by Crippen LogP contribution is -2.27. The molecule has 0 bridgehead atoms. The summed E-state index contributed by atoms with van der Waals surface area (Å²) in [6, 6.07) is 12.3. The van der Waals surface area contributed by atoms with Crippen LogP contribution < -0.4 is 15.6 Å². The van der Waals surface area contributed by atoms with Gasteiger partial charge >= 0.3 is 0 Å². The van der Waals surface area contributed by atoms with Gasteiger partial charge in [-0.15, -0.1) is 11.3 Å². The molecule has 1 N–H and O–H groups in total. The molecule has 0 spiro atoms. The van der Waals surface area contributed by atoms with E-state index in [0.717, 1.165) is 5.56 Å². The number of carbonyl (C=O) groups excluding carboxylic acids is 1. The van der Waals surface area contributed by atoms with Crippen LogP contribution >= 0.6 is 22.9 Å². The highest BCUT2D eigenvalue weighted by molar-refractivity contribution is 7.14. The van der Waals surface area contributed by atoms with Crippen LogP contribution in [-0.2, 0) is 6.54 Å². The van der Waals surface area contributed by atoms with Gasteiger partial charge in [-0.2, -0.15) is 5.10 Å². The normalized spacial score (nSPS) is 10.9. The van der Waals surface area contributed by atoms with Crippen molar-refractivity contribution in [3.63, 3.8) is 0 Å². The van der Waals surface area contributed by atoms with Gasteiger partial charge in [-0.05, 0) is 31.2 Å². The number of aromatic nitrogens is 3. The standard InChI is InChI=1S/C21H17ClN4O3S/c1-3-26-20(28)14-7-5-4-6-13(14)18(25-26)19(27)24-21-23-16(11-30-21)12-8-9-17(29-2)15(22)10-12/h4-11H,3H2,1-2H3,(H,23,24,27). The quantitative estimate of drug-likeness (QED) is 0.495. The molecule has 2 aromatic heterocycles. The van der Waals surface area contributed by atoms with Gasteiger partial charge in [0.25, 0.3) is 11.5 Å². The van der Waals surface area contributed by atoms with Crippen LogP contribution in [0.5, 0.6) is 5.75 Å². The molecule has 152 valence electrons. The van der Waals surface area contributed by atoms with Crippen LogP contribution in [0, 0.1) is 0 Å². The number of nitrogens with one attached hydrogen (secondary N) is 1. The Balaban J connectivity index is 1.65. The number of anilines is 1. The fourth-order valence-electron chi connectivity index (χ4n) is 3.06. The summed E-state index contributed by atoms with van der Waals surface area (Å²) >= 11 is 7.48. The number of hydrogen-bond donors (Lipinski definition) is 1. The Morgan fingerprint density at radius 1 is 1.23 bits per heavy atom. The Morgan fingerprint density at radius 3 is 2.70 bits per heavy atom. The topological polar surface area (TPSA) is 86.1 Å². The van der Waals surface area contributed by atoms with Crippen LogP contribution in [0.2, 0.25) is 5.02 Å². The number of carbonyl (C=O) groups is 1. The van der Waals surface area contributed by atoms with E-state index in [1.807, 2.05) is 11.4 Å². The molecule has 0 aliphatic rings. The first kappa shape index (κ1) is 20.1. The molecule has 1 amide bonds. The predicted octanol–water partition coefficient (Wildman–Crippen LogP) is 4.45. The van der Waals surface area contributed by atoms with Crippen molar-refractivity contribution in [1.82, 2.24) is 14.8 Å². The van der Waals surface area contributed by atoms with Crippen LogP contribution in [0.3, 0.4) is 0 Å². The fraction of sp³-hybridized carbons (Fsp3) is 0.143. The van der Waals surface area contributed by atoms with E-state index in [9.17, 15) is 9.59 Å². The molecule has 4 rings (SSSR count). The maximum absolute atomic E-state index is 12.9. The molecule has 0 aliphatic heterocycles. The Bertz CT molecular complexity index is 1320. The summed E-state index contributed by atoms with van der Waals surface area (Å²) in [6.45, 7) is 2.17. The third kappa shape index (κ3) is 3.67. The Morgan fingerprint density at radius 2 is 2.00 bits per heavy atom. The number of hydrogen-bond acceptors (Lipinski definition) is 6. The third-order valence-corrected chi connectivity index (χ3v) is 5.61. The van der Waals surface area contributed by atoms with Crippen molar-refractivity contribution in [2.24, 2.45) is 0 Å². The molecule has 0 saturated heterocycles. The van der Waals surface area contributed by atoms with E-state index in [1.165, 1.54) is 16.0 Å². The van der Waals surface area contributed by atoms with E-state index in [4.69, 9.17) is 16.3 Å². The summed E-state index contributed by atoms with van der Waals surface area (Å²) in [5.74, 6) is 0.148. The zero-order valence-corrected chi connectivity index (χ0v) is 17.8. The van der Waals surface area contributed by atoms with Gasteiger partial charge in [0.1, 0.15) is 5.75 Å². The monoisotopic (exact) mass is 440 g/mol. The maximum Gasteiger partial charge on any atom is 0.278 e. The van der Waals surface area contributed by atoms with Crippen molar-refractivity contribution < 1.29 is 9.53 Å². The Hall–Kier alpha value is -3.23. The van der Waals surface area contributed by atoms with Gasteiger partial charge in [0.15, 0.2) is 10.8 Å². The van der Waals surface area contributed by atoms with Crippen molar-refractivity contribution >= 4 is 44.7 Å². The van der Waals surface area contributed by atoms with Crippen molar-refractivity contribution in [3.05, 3.63) is 68.9 Å². The SMILES string of the molecule is CCn1nc(C(=O)Nc2nc(-c3ccc(OC)c(Cl)c3)cs2)c2ccccc2c1=O. The van der Waals surface area contributed by atoms with Crippen molar-refractivity contribution in [1.29, 1.82) is 0 Å². The smallest absolute Gasteiger partial charge is 0.278 e. The molecule has 0 fully saturated rings. The third-order valence-electron chi connectivity index (χ3n) is 4.55. The number of thiazole rings is 1. The van der Waals surface area contributed by atoms with Gasteiger partial charge in [0.05, 0.1) is 23.2 Å². The van der Waals surface area contributed by atoms with Crippen LogP contribution in [0.1, 0.15) is 17.4 Å². The number of methoxy groups -OCH3 is 1. The number of amides is 1. The molecule has 30 heavy (non-hydrogen) atoms. The van der Waals surface area contributed by atoms with E-state index in [-0.39, 0.29) is 11.3 Å².